The summed E-state index contributed by atoms with van der Waals surface area (Å²) in [6, 6.07) is 3.11. The van der Waals surface area contributed by atoms with Crippen molar-refractivity contribution in [1.82, 2.24) is 9.38 Å². The molecule has 0 aliphatic heterocycles. The maximum absolute atomic E-state index is 11.3. The van der Waals surface area contributed by atoms with E-state index in [0.29, 0.717) is 16.9 Å². The molecule has 0 saturated carbocycles. The number of carbonyl (C=O) groups excluding carboxylic acids is 1. The zero-order valence-electron chi connectivity index (χ0n) is 9.95. The van der Waals surface area contributed by atoms with Gasteiger partial charge in [0.25, 0.3) is 0 Å². The summed E-state index contributed by atoms with van der Waals surface area (Å²) in [4.78, 5) is 15.4. The van der Waals surface area contributed by atoms with Gasteiger partial charge in [-0.2, -0.15) is 0 Å². The predicted octanol–water partition coefficient (Wildman–Crippen LogP) is 0.665. The number of aromatic nitrogens is 2. The van der Waals surface area contributed by atoms with Gasteiger partial charge in [-0.05, 0) is 12.1 Å². The molecule has 2 rings (SSSR count). The second kappa shape index (κ2) is 4.41. The second-order valence-electron chi connectivity index (χ2n) is 3.95. The Hall–Kier alpha value is -1.89. The minimum atomic E-state index is -3.12. The zero-order chi connectivity index (χ0) is 13.3. The Morgan fingerprint density at radius 2 is 2.22 bits per heavy atom. The van der Waals surface area contributed by atoms with Gasteiger partial charge in [0.1, 0.15) is 5.65 Å². The number of ether oxygens (including phenoxy) is 1. The topological polar surface area (TPSA) is 77.7 Å². The van der Waals surface area contributed by atoms with Crippen LogP contribution < -0.4 is 0 Å². The molecule has 7 heteroatoms. The van der Waals surface area contributed by atoms with E-state index in [9.17, 15) is 13.2 Å². The van der Waals surface area contributed by atoms with Crippen molar-refractivity contribution in [3.05, 3.63) is 35.8 Å². The Morgan fingerprint density at radius 1 is 1.50 bits per heavy atom. The Balaban J connectivity index is 2.47. The highest BCUT2D eigenvalue weighted by atomic mass is 32.2. The highest BCUT2D eigenvalue weighted by Gasteiger charge is 2.12. The van der Waals surface area contributed by atoms with Crippen molar-refractivity contribution in [2.75, 3.05) is 13.4 Å². The lowest BCUT2D eigenvalue weighted by molar-refractivity contribution is 0.0600. The summed E-state index contributed by atoms with van der Waals surface area (Å²) in [6.45, 7) is 0. The Bertz CT molecular complexity index is 703. The van der Waals surface area contributed by atoms with Crippen LogP contribution in [-0.4, -0.2) is 37.1 Å². The summed E-state index contributed by atoms with van der Waals surface area (Å²) in [5, 5.41) is 0. The minimum Gasteiger partial charge on any atom is -0.465 e. The molecule has 2 aromatic heterocycles. The maximum atomic E-state index is 11.3. The van der Waals surface area contributed by atoms with Gasteiger partial charge in [-0.25, -0.2) is 18.2 Å². The molecule has 0 N–H and O–H groups in total. The standard InChI is InChI=1S/C11H12N2O4S/c1-17-11(14)8-3-4-13-9(7-18(2,15)16)6-12-10(13)5-8/h3-6H,7H2,1-2H3. The van der Waals surface area contributed by atoms with E-state index in [1.165, 1.54) is 13.3 Å². The molecule has 0 atom stereocenters. The number of imidazole rings is 1. The molecule has 0 unspecified atom stereocenters. The third-order valence-corrected chi connectivity index (χ3v) is 3.24. The van der Waals surface area contributed by atoms with Crippen LogP contribution in [0.1, 0.15) is 16.1 Å². The maximum Gasteiger partial charge on any atom is 0.338 e. The van der Waals surface area contributed by atoms with E-state index in [2.05, 4.69) is 9.72 Å². The number of sulfone groups is 1. The van der Waals surface area contributed by atoms with Crippen molar-refractivity contribution in [3.63, 3.8) is 0 Å². The molecule has 0 spiro atoms. The van der Waals surface area contributed by atoms with Crippen LogP contribution in [0.4, 0.5) is 0 Å². The van der Waals surface area contributed by atoms with Crippen molar-refractivity contribution in [2.24, 2.45) is 0 Å². The van der Waals surface area contributed by atoms with Crippen LogP contribution in [0.25, 0.3) is 5.65 Å². The summed E-state index contributed by atoms with van der Waals surface area (Å²) < 4.78 is 28.7. The van der Waals surface area contributed by atoms with Crippen LogP contribution in [0.2, 0.25) is 0 Å². The fourth-order valence-corrected chi connectivity index (χ4v) is 2.40. The van der Waals surface area contributed by atoms with Crippen LogP contribution in [0.3, 0.4) is 0 Å². The summed E-state index contributed by atoms with van der Waals surface area (Å²) in [5.74, 6) is -0.545. The normalized spacial score (nSPS) is 11.7. The first-order chi connectivity index (χ1) is 8.40. The molecule has 6 nitrogen and oxygen atoms in total. The average Bonchev–Trinajstić information content (AvgIpc) is 2.68. The number of hydrogen-bond acceptors (Lipinski definition) is 5. The molecule has 0 aliphatic rings. The first kappa shape index (κ1) is 12.6. The van der Waals surface area contributed by atoms with E-state index in [-0.39, 0.29) is 5.75 Å². The molecular formula is C11H12N2O4S. The molecule has 2 heterocycles. The van der Waals surface area contributed by atoms with Crippen LogP contribution in [0, 0.1) is 0 Å². The number of hydrogen-bond donors (Lipinski definition) is 0. The molecular weight excluding hydrogens is 256 g/mol. The number of esters is 1. The van der Waals surface area contributed by atoms with Gasteiger partial charge in [0, 0.05) is 12.5 Å². The lowest BCUT2D eigenvalue weighted by atomic mass is 10.3. The molecule has 0 amide bonds. The van der Waals surface area contributed by atoms with Crippen LogP contribution in [0.5, 0.6) is 0 Å². The molecule has 0 aromatic carbocycles. The molecule has 0 radical (unpaired) electrons. The quantitative estimate of drug-likeness (QED) is 0.764. The number of rotatable bonds is 3. The van der Waals surface area contributed by atoms with Crippen molar-refractivity contribution in [1.29, 1.82) is 0 Å². The van der Waals surface area contributed by atoms with Crippen molar-refractivity contribution in [2.45, 2.75) is 5.75 Å². The van der Waals surface area contributed by atoms with E-state index < -0.39 is 15.8 Å². The lowest BCUT2D eigenvalue weighted by Crippen LogP contribution is -2.05. The van der Waals surface area contributed by atoms with Crippen molar-refractivity contribution < 1.29 is 17.9 Å². The van der Waals surface area contributed by atoms with E-state index in [0.717, 1.165) is 6.26 Å². The lowest BCUT2D eigenvalue weighted by Gasteiger charge is -2.02. The molecule has 0 fully saturated rings. The van der Waals surface area contributed by atoms with E-state index in [1.54, 1.807) is 22.7 Å². The number of methoxy groups -OCH3 is 1. The van der Waals surface area contributed by atoms with Gasteiger partial charge in [0.2, 0.25) is 0 Å². The Labute approximate surface area is 104 Å². The Kier molecular flexibility index (Phi) is 3.08. The first-order valence-corrected chi connectivity index (χ1v) is 7.19. The summed E-state index contributed by atoms with van der Waals surface area (Å²) >= 11 is 0. The van der Waals surface area contributed by atoms with Gasteiger partial charge in [-0.1, -0.05) is 0 Å². The smallest absolute Gasteiger partial charge is 0.338 e. The third kappa shape index (κ3) is 2.51. The van der Waals surface area contributed by atoms with E-state index in [4.69, 9.17) is 0 Å². The number of nitrogens with zero attached hydrogens (tertiary/aromatic N) is 2. The monoisotopic (exact) mass is 268 g/mol. The number of carbonyl (C=O) groups is 1. The Morgan fingerprint density at radius 3 is 2.83 bits per heavy atom. The van der Waals surface area contributed by atoms with Crippen molar-refractivity contribution >= 4 is 21.5 Å². The zero-order valence-corrected chi connectivity index (χ0v) is 10.8. The molecule has 96 valence electrons. The number of pyridine rings is 1. The van der Waals surface area contributed by atoms with E-state index >= 15 is 0 Å². The van der Waals surface area contributed by atoms with Gasteiger partial charge < -0.3 is 9.14 Å². The minimum absolute atomic E-state index is 0.0915. The first-order valence-electron chi connectivity index (χ1n) is 5.13. The molecule has 0 saturated heterocycles. The summed E-state index contributed by atoms with van der Waals surface area (Å²) in [5.41, 5.74) is 1.45. The SMILES string of the molecule is COC(=O)c1ccn2c(CS(C)(=O)=O)cnc2c1. The molecule has 0 bridgehead atoms. The average molecular weight is 268 g/mol. The molecule has 18 heavy (non-hydrogen) atoms. The third-order valence-electron chi connectivity index (χ3n) is 2.42. The van der Waals surface area contributed by atoms with Gasteiger partial charge in [-0.15, -0.1) is 0 Å². The largest absolute Gasteiger partial charge is 0.465 e. The van der Waals surface area contributed by atoms with E-state index in [1.807, 2.05) is 0 Å². The highest BCUT2D eigenvalue weighted by Crippen LogP contribution is 2.12. The fraction of sp³-hybridized carbons (Fsp3) is 0.273. The fourth-order valence-electron chi connectivity index (χ4n) is 1.65. The summed E-state index contributed by atoms with van der Waals surface area (Å²) in [6.07, 6.45) is 4.25. The van der Waals surface area contributed by atoms with Crippen LogP contribution in [-0.2, 0) is 20.3 Å². The van der Waals surface area contributed by atoms with Crippen LogP contribution >= 0.6 is 0 Å². The van der Waals surface area contributed by atoms with Gasteiger partial charge in [0.15, 0.2) is 9.84 Å². The molecule has 2 aromatic rings. The van der Waals surface area contributed by atoms with Gasteiger partial charge in [-0.3, -0.25) is 0 Å². The molecule has 0 aliphatic carbocycles. The van der Waals surface area contributed by atoms with Gasteiger partial charge >= 0.3 is 5.97 Å². The van der Waals surface area contributed by atoms with Crippen molar-refractivity contribution in [3.8, 4) is 0 Å². The number of fused-ring (bicyclic) bond motifs is 1. The summed E-state index contributed by atoms with van der Waals surface area (Å²) in [7, 11) is -1.82. The van der Waals surface area contributed by atoms with Gasteiger partial charge in [0.05, 0.1) is 30.3 Å². The second-order valence-corrected chi connectivity index (χ2v) is 6.10. The highest BCUT2D eigenvalue weighted by molar-refractivity contribution is 7.89. The predicted molar refractivity (Wildman–Crippen MR) is 65.1 cm³/mol. The van der Waals surface area contributed by atoms with Crippen LogP contribution in [0.15, 0.2) is 24.5 Å².